The van der Waals surface area contributed by atoms with Crippen molar-refractivity contribution in [3.8, 4) is 5.75 Å². The van der Waals surface area contributed by atoms with Gasteiger partial charge in [-0.1, -0.05) is 41.9 Å². The van der Waals surface area contributed by atoms with E-state index in [-0.39, 0.29) is 0 Å². The van der Waals surface area contributed by atoms with Gasteiger partial charge >= 0.3 is 0 Å². The molecule has 0 bridgehead atoms. The van der Waals surface area contributed by atoms with Gasteiger partial charge in [-0.25, -0.2) is 0 Å². The van der Waals surface area contributed by atoms with E-state index in [0.29, 0.717) is 22.9 Å². The minimum absolute atomic E-state index is 0.396. The number of carbonyl (C=O) groups is 1. The third-order valence-electron chi connectivity index (χ3n) is 2.78. The van der Waals surface area contributed by atoms with Crippen molar-refractivity contribution in [1.82, 2.24) is 0 Å². The highest BCUT2D eigenvalue weighted by atomic mass is 35.5. The highest BCUT2D eigenvalue weighted by Crippen LogP contribution is 2.25. The molecule has 0 atom stereocenters. The number of rotatable bonds is 4. The molecule has 0 saturated heterocycles. The van der Waals surface area contributed by atoms with E-state index in [1.807, 2.05) is 31.2 Å². The average molecular weight is 261 g/mol. The second-order valence-electron chi connectivity index (χ2n) is 3.98. The summed E-state index contributed by atoms with van der Waals surface area (Å²) < 4.78 is 5.66. The Bertz CT molecular complexity index is 564. The van der Waals surface area contributed by atoms with Gasteiger partial charge in [0.05, 0.1) is 10.6 Å². The molecule has 0 aromatic heterocycles. The molecule has 92 valence electrons. The van der Waals surface area contributed by atoms with Gasteiger partial charge in [0, 0.05) is 0 Å². The van der Waals surface area contributed by atoms with E-state index in [9.17, 15) is 4.79 Å². The van der Waals surface area contributed by atoms with E-state index in [1.165, 1.54) is 0 Å². The fourth-order valence-corrected chi connectivity index (χ4v) is 1.90. The zero-order valence-electron chi connectivity index (χ0n) is 10.0. The van der Waals surface area contributed by atoms with Gasteiger partial charge in [-0.2, -0.15) is 0 Å². The van der Waals surface area contributed by atoms with E-state index in [1.54, 1.807) is 18.2 Å². The first-order chi connectivity index (χ1) is 8.72. The summed E-state index contributed by atoms with van der Waals surface area (Å²) >= 11 is 5.93. The van der Waals surface area contributed by atoms with E-state index in [2.05, 4.69) is 0 Å². The van der Waals surface area contributed by atoms with Crippen LogP contribution in [0.1, 0.15) is 21.5 Å². The van der Waals surface area contributed by atoms with Crippen LogP contribution in [0, 0.1) is 6.92 Å². The molecule has 0 aliphatic carbocycles. The smallest absolute Gasteiger partial charge is 0.155 e. The second-order valence-corrected chi connectivity index (χ2v) is 4.39. The van der Waals surface area contributed by atoms with Crippen molar-refractivity contribution in [2.45, 2.75) is 13.5 Å². The quantitative estimate of drug-likeness (QED) is 0.776. The average Bonchev–Trinajstić information content (AvgIpc) is 2.38. The van der Waals surface area contributed by atoms with Crippen LogP contribution in [0.3, 0.4) is 0 Å². The van der Waals surface area contributed by atoms with Crippen molar-refractivity contribution in [1.29, 1.82) is 0 Å². The molecule has 0 radical (unpaired) electrons. The number of hydrogen-bond donors (Lipinski definition) is 0. The number of halogens is 1. The van der Waals surface area contributed by atoms with E-state index in [0.717, 1.165) is 17.4 Å². The Hall–Kier alpha value is -1.80. The van der Waals surface area contributed by atoms with Crippen LogP contribution < -0.4 is 4.74 Å². The molecular formula is C15H13ClO2. The zero-order valence-corrected chi connectivity index (χ0v) is 10.8. The molecule has 2 aromatic carbocycles. The van der Waals surface area contributed by atoms with Gasteiger partial charge in [-0.05, 0) is 30.2 Å². The van der Waals surface area contributed by atoms with Crippen LogP contribution in [0.2, 0.25) is 5.02 Å². The Morgan fingerprint density at radius 1 is 1.17 bits per heavy atom. The fourth-order valence-electron chi connectivity index (χ4n) is 1.69. The molecule has 3 heteroatoms. The van der Waals surface area contributed by atoms with Crippen LogP contribution in [0.25, 0.3) is 0 Å². The van der Waals surface area contributed by atoms with Gasteiger partial charge in [0.1, 0.15) is 12.4 Å². The summed E-state index contributed by atoms with van der Waals surface area (Å²) in [5, 5.41) is 0.410. The molecule has 18 heavy (non-hydrogen) atoms. The van der Waals surface area contributed by atoms with Crippen LogP contribution in [-0.4, -0.2) is 6.29 Å². The van der Waals surface area contributed by atoms with E-state index >= 15 is 0 Å². The Kier molecular flexibility index (Phi) is 4.00. The topological polar surface area (TPSA) is 26.3 Å². The minimum Gasteiger partial charge on any atom is -0.488 e. The largest absolute Gasteiger partial charge is 0.488 e. The summed E-state index contributed by atoms with van der Waals surface area (Å²) in [6.45, 7) is 2.45. The Labute approximate surface area is 111 Å². The highest BCUT2D eigenvalue weighted by molar-refractivity contribution is 6.33. The van der Waals surface area contributed by atoms with Gasteiger partial charge in [0.2, 0.25) is 0 Å². The highest BCUT2D eigenvalue weighted by Gasteiger charge is 2.07. The predicted octanol–water partition coefficient (Wildman–Crippen LogP) is 4.04. The summed E-state index contributed by atoms with van der Waals surface area (Å²) in [5.41, 5.74) is 2.65. The van der Waals surface area contributed by atoms with Crippen LogP contribution in [0.4, 0.5) is 0 Å². The summed E-state index contributed by atoms with van der Waals surface area (Å²) in [5.74, 6) is 0.515. The molecule has 0 aliphatic rings. The van der Waals surface area contributed by atoms with Gasteiger partial charge in [0.15, 0.2) is 6.29 Å². The maximum absolute atomic E-state index is 11.0. The molecule has 0 spiro atoms. The van der Waals surface area contributed by atoms with Crippen molar-refractivity contribution < 1.29 is 9.53 Å². The summed E-state index contributed by atoms with van der Waals surface area (Å²) in [4.78, 5) is 11.0. The van der Waals surface area contributed by atoms with Crippen LogP contribution in [0.5, 0.6) is 5.75 Å². The number of hydrogen-bond acceptors (Lipinski definition) is 2. The maximum Gasteiger partial charge on any atom is 0.155 e. The van der Waals surface area contributed by atoms with E-state index in [4.69, 9.17) is 16.3 Å². The van der Waals surface area contributed by atoms with Crippen molar-refractivity contribution in [3.05, 3.63) is 64.2 Å². The first-order valence-corrected chi connectivity index (χ1v) is 6.01. The molecule has 0 fully saturated rings. The molecule has 0 saturated carbocycles. The van der Waals surface area contributed by atoms with Crippen molar-refractivity contribution >= 4 is 17.9 Å². The number of aryl methyl sites for hydroxylation is 1. The van der Waals surface area contributed by atoms with E-state index < -0.39 is 0 Å². The lowest BCUT2D eigenvalue weighted by Gasteiger charge is -2.10. The molecule has 0 N–H and O–H groups in total. The Morgan fingerprint density at radius 2 is 1.94 bits per heavy atom. The monoisotopic (exact) mass is 260 g/mol. The lowest BCUT2D eigenvalue weighted by atomic mass is 10.1. The second kappa shape index (κ2) is 5.69. The minimum atomic E-state index is 0.396. The predicted molar refractivity (Wildman–Crippen MR) is 72.4 cm³/mol. The van der Waals surface area contributed by atoms with Crippen molar-refractivity contribution in [2.75, 3.05) is 0 Å². The summed E-state index contributed by atoms with van der Waals surface area (Å²) in [6, 6.07) is 13.2. The van der Waals surface area contributed by atoms with Gasteiger partial charge in [-0.15, -0.1) is 0 Å². The summed E-state index contributed by atoms with van der Waals surface area (Å²) in [6.07, 6.45) is 0.718. The zero-order chi connectivity index (χ0) is 13.0. The van der Waals surface area contributed by atoms with Crippen molar-refractivity contribution in [3.63, 3.8) is 0 Å². The molecule has 2 rings (SSSR count). The molecule has 2 aromatic rings. The molecule has 0 aliphatic heterocycles. The fraction of sp³-hybridized carbons (Fsp3) is 0.133. The number of carbonyl (C=O) groups excluding carboxylic acids is 1. The lowest BCUT2D eigenvalue weighted by molar-refractivity contribution is 0.111. The standard InChI is InChI=1S/C15H13ClO2/c1-11-5-2-3-6-12(11)10-18-15-8-4-7-14(16)13(15)9-17/h2-9H,10H2,1H3. The van der Waals surface area contributed by atoms with Gasteiger partial charge < -0.3 is 4.74 Å². The molecule has 0 amide bonds. The Balaban J connectivity index is 2.18. The first-order valence-electron chi connectivity index (χ1n) is 5.63. The number of aldehydes is 1. The molecule has 2 nitrogen and oxygen atoms in total. The third-order valence-corrected chi connectivity index (χ3v) is 3.10. The van der Waals surface area contributed by atoms with Crippen LogP contribution in [-0.2, 0) is 6.61 Å². The molecular weight excluding hydrogens is 248 g/mol. The van der Waals surface area contributed by atoms with Gasteiger partial charge in [-0.3, -0.25) is 4.79 Å². The Morgan fingerprint density at radius 3 is 2.67 bits per heavy atom. The van der Waals surface area contributed by atoms with Crippen LogP contribution in [0.15, 0.2) is 42.5 Å². The molecule has 0 unspecified atom stereocenters. The normalized spacial score (nSPS) is 10.1. The van der Waals surface area contributed by atoms with Crippen molar-refractivity contribution in [2.24, 2.45) is 0 Å². The SMILES string of the molecule is Cc1ccccc1COc1cccc(Cl)c1C=O. The number of benzene rings is 2. The number of ether oxygens (including phenoxy) is 1. The van der Waals surface area contributed by atoms with Crippen LogP contribution >= 0.6 is 11.6 Å². The lowest BCUT2D eigenvalue weighted by Crippen LogP contribution is -2.00. The third kappa shape index (κ3) is 2.71. The maximum atomic E-state index is 11.0. The molecule has 0 heterocycles. The first kappa shape index (κ1) is 12.7. The summed E-state index contributed by atoms with van der Waals surface area (Å²) in [7, 11) is 0. The van der Waals surface area contributed by atoms with Gasteiger partial charge in [0.25, 0.3) is 0 Å².